The van der Waals surface area contributed by atoms with Crippen molar-refractivity contribution in [3.63, 3.8) is 0 Å². The van der Waals surface area contributed by atoms with Gasteiger partial charge in [0.15, 0.2) is 0 Å². The third-order valence-corrected chi connectivity index (χ3v) is 3.06. The van der Waals surface area contributed by atoms with Crippen LogP contribution in [-0.2, 0) is 16.2 Å². The van der Waals surface area contributed by atoms with Gasteiger partial charge in [0.1, 0.15) is 5.60 Å². The molecule has 0 radical (unpaired) electrons. The van der Waals surface area contributed by atoms with Crippen LogP contribution in [0.4, 0.5) is 0 Å². The van der Waals surface area contributed by atoms with E-state index in [-0.39, 0.29) is 5.97 Å². The molecule has 0 unspecified atom stereocenters. The number of nitrogens with two attached hydrogens (primary N) is 1. The first-order valence-corrected chi connectivity index (χ1v) is 7.14. The van der Waals surface area contributed by atoms with E-state index in [0.29, 0.717) is 12.2 Å². The Bertz CT molecular complexity index is 642. The predicted octanol–water partition coefficient (Wildman–Crippen LogP) is 3.70. The molecule has 0 atom stereocenters. The molecule has 0 bridgehead atoms. The van der Waals surface area contributed by atoms with E-state index in [1.165, 1.54) is 0 Å². The van der Waals surface area contributed by atoms with Gasteiger partial charge in [-0.25, -0.2) is 10.7 Å². The van der Waals surface area contributed by atoms with E-state index in [1.807, 2.05) is 63.2 Å². The molecule has 2 N–H and O–H groups in total. The van der Waals surface area contributed by atoms with Crippen LogP contribution < -0.4 is 5.90 Å². The summed E-state index contributed by atoms with van der Waals surface area (Å²) in [5.41, 5.74) is 2.80. The fraction of sp³-hybridized carbons (Fsp3) is 0.278. The van der Waals surface area contributed by atoms with E-state index in [0.717, 1.165) is 16.7 Å². The molecule has 0 saturated carbocycles. The quantitative estimate of drug-likeness (QED) is 0.690. The van der Waals surface area contributed by atoms with Gasteiger partial charge in [0, 0.05) is 0 Å². The summed E-state index contributed by atoms with van der Waals surface area (Å²) in [6.07, 6.45) is 0. The number of hydrogen-bond donors (Lipinski definition) is 1. The molecule has 0 spiro atoms. The van der Waals surface area contributed by atoms with Gasteiger partial charge in [-0.15, -0.1) is 0 Å². The molecule has 0 heterocycles. The minimum Gasteiger partial charge on any atom is -0.456 e. The number of carbonyl (C=O) groups excluding carboxylic acids is 1. The summed E-state index contributed by atoms with van der Waals surface area (Å²) in [4.78, 5) is 17.0. The van der Waals surface area contributed by atoms with Crippen LogP contribution in [0.15, 0.2) is 48.5 Å². The van der Waals surface area contributed by atoms with Crippen LogP contribution >= 0.6 is 0 Å². The minimum absolute atomic E-state index is 0.322. The highest BCUT2D eigenvalue weighted by Gasteiger charge is 2.20. The monoisotopic (exact) mass is 299 g/mol. The van der Waals surface area contributed by atoms with Crippen LogP contribution in [-0.4, -0.2) is 11.6 Å². The largest absolute Gasteiger partial charge is 0.456 e. The van der Waals surface area contributed by atoms with Crippen molar-refractivity contribution in [3.8, 4) is 11.1 Å². The van der Waals surface area contributed by atoms with Gasteiger partial charge >= 0.3 is 5.97 Å². The summed E-state index contributed by atoms with van der Waals surface area (Å²) in [5, 5.41) is 0. The summed E-state index contributed by atoms with van der Waals surface area (Å²) < 4.78 is 5.47. The lowest BCUT2D eigenvalue weighted by molar-refractivity contribution is 0.00705. The molecule has 0 amide bonds. The molecule has 116 valence electrons. The van der Waals surface area contributed by atoms with Gasteiger partial charge < -0.3 is 4.74 Å². The Balaban J connectivity index is 2.33. The Morgan fingerprint density at radius 1 is 1.05 bits per heavy atom. The molecule has 0 aliphatic heterocycles. The van der Waals surface area contributed by atoms with E-state index < -0.39 is 5.60 Å². The summed E-state index contributed by atoms with van der Waals surface area (Å²) in [6, 6.07) is 15.2. The van der Waals surface area contributed by atoms with Crippen molar-refractivity contribution < 1.29 is 14.4 Å². The van der Waals surface area contributed by atoms with Gasteiger partial charge in [-0.2, -0.15) is 0 Å². The summed E-state index contributed by atoms with van der Waals surface area (Å²) in [5.74, 6) is 4.75. The van der Waals surface area contributed by atoms with E-state index in [1.54, 1.807) is 6.07 Å². The van der Waals surface area contributed by atoms with Crippen molar-refractivity contribution in [2.45, 2.75) is 33.0 Å². The lowest BCUT2D eigenvalue weighted by Gasteiger charge is -2.20. The van der Waals surface area contributed by atoms with Crippen LogP contribution in [0.2, 0.25) is 0 Å². The smallest absolute Gasteiger partial charge is 0.339 e. The zero-order chi connectivity index (χ0) is 16.2. The van der Waals surface area contributed by atoms with Gasteiger partial charge in [-0.1, -0.05) is 42.5 Å². The molecule has 22 heavy (non-hydrogen) atoms. The molecule has 0 fully saturated rings. The van der Waals surface area contributed by atoms with E-state index in [9.17, 15) is 4.79 Å². The summed E-state index contributed by atoms with van der Waals surface area (Å²) >= 11 is 0. The number of benzene rings is 2. The van der Waals surface area contributed by atoms with Crippen LogP contribution in [0.25, 0.3) is 11.1 Å². The van der Waals surface area contributed by atoms with Gasteiger partial charge in [-0.3, -0.25) is 4.84 Å². The van der Waals surface area contributed by atoms with E-state index in [4.69, 9.17) is 10.6 Å². The van der Waals surface area contributed by atoms with Crippen molar-refractivity contribution in [1.82, 2.24) is 0 Å². The van der Waals surface area contributed by atoms with Gasteiger partial charge in [-0.05, 0) is 43.5 Å². The SMILES string of the molecule is CC(C)(C)OC(=O)c1ccccc1-c1ccc(CON)cc1. The molecular weight excluding hydrogens is 278 g/mol. The maximum Gasteiger partial charge on any atom is 0.339 e. The average molecular weight is 299 g/mol. The van der Waals surface area contributed by atoms with Gasteiger partial charge in [0.25, 0.3) is 0 Å². The minimum atomic E-state index is -0.521. The van der Waals surface area contributed by atoms with Gasteiger partial charge in [0.05, 0.1) is 12.2 Å². The Morgan fingerprint density at radius 2 is 1.68 bits per heavy atom. The van der Waals surface area contributed by atoms with Crippen LogP contribution in [0.3, 0.4) is 0 Å². The summed E-state index contributed by atoms with van der Waals surface area (Å²) in [6.45, 7) is 5.92. The highest BCUT2D eigenvalue weighted by molar-refractivity contribution is 5.97. The second-order valence-electron chi connectivity index (χ2n) is 6.06. The first kappa shape index (κ1) is 16.2. The molecule has 0 saturated heterocycles. The van der Waals surface area contributed by atoms with Gasteiger partial charge in [0.2, 0.25) is 0 Å². The topological polar surface area (TPSA) is 61.5 Å². The third kappa shape index (κ3) is 4.16. The molecule has 0 aliphatic rings. The second-order valence-corrected chi connectivity index (χ2v) is 6.06. The number of rotatable bonds is 4. The fourth-order valence-electron chi connectivity index (χ4n) is 2.12. The zero-order valence-electron chi connectivity index (χ0n) is 13.1. The maximum absolute atomic E-state index is 12.4. The highest BCUT2D eigenvalue weighted by atomic mass is 16.6. The van der Waals surface area contributed by atoms with Crippen molar-refractivity contribution in [2.24, 2.45) is 5.90 Å². The normalized spacial score (nSPS) is 11.3. The van der Waals surface area contributed by atoms with E-state index >= 15 is 0 Å². The van der Waals surface area contributed by atoms with Crippen LogP contribution in [0.5, 0.6) is 0 Å². The second kappa shape index (κ2) is 6.73. The highest BCUT2D eigenvalue weighted by Crippen LogP contribution is 2.26. The Labute approximate surface area is 130 Å². The number of carbonyl (C=O) groups is 1. The molecule has 4 nitrogen and oxygen atoms in total. The summed E-state index contributed by atoms with van der Waals surface area (Å²) in [7, 11) is 0. The fourth-order valence-corrected chi connectivity index (χ4v) is 2.12. The number of esters is 1. The molecule has 2 rings (SSSR count). The molecule has 2 aromatic carbocycles. The molecule has 0 aliphatic carbocycles. The average Bonchev–Trinajstić information content (AvgIpc) is 2.47. The lowest BCUT2D eigenvalue weighted by Crippen LogP contribution is -2.24. The Hall–Kier alpha value is -2.17. The molecule has 0 aromatic heterocycles. The zero-order valence-corrected chi connectivity index (χ0v) is 13.1. The van der Waals surface area contributed by atoms with Crippen molar-refractivity contribution >= 4 is 5.97 Å². The third-order valence-electron chi connectivity index (χ3n) is 3.06. The Kier molecular flexibility index (Phi) is 4.96. The predicted molar refractivity (Wildman–Crippen MR) is 86.0 cm³/mol. The first-order chi connectivity index (χ1) is 10.4. The Morgan fingerprint density at radius 3 is 2.27 bits per heavy atom. The number of hydrogen-bond acceptors (Lipinski definition) is 4. The molecule has 4 heteroatoms. The van der Waals surface area contributed by atoms with Crippen molar-refractivity contribution in [2.75, 3.05) is 0 Å². The standard InChI is InChI=1S/C18H21NO3/c1-18(2,3)22-17(20)16-7-5-4-6-15(16)14-10-8-13(9-11-14)12-21-19/h4-11H,12,19H2,1-3H3. The first-order valence-electron chi connectivity index (χ1n) is 7.14. The van der Waals surface area contributed by atoms with Crippen molar-refractivity contribution in [1.29, 1.82) is 0 Å². The molecular formula is C18H21NO3. The lowest BCUT2D eigenvalue weighted by atomic mass is 9.98. The van der Waals surface area contributed by atoms with Crippen molar-refractivity contribution in [3.05, 3.63) is 59.7 Å². The van der Waals surface area contributed by atoms with E-state index in [2.05, 4.69) is 4.84 Å². The van der Waals surface area contributed by atoms with Crippen LogP contribution in [0, 0.1) is 0 Å². The number of ether oxygens (including phenoxy) is 1. The van der Waals surface area contributed by atoms with Crippen LogP contribution in [0.1, 0.15) is 36.7 Å². The molecule has 2 aromatic rings. The maximum atomic E-state index is 12.4.